The van der Waals surface area contributed by atoms with Gasteiger partial charge in [-0.3, -0.25) is 14.6 Å². The number of nitrogens with zero attached hydrogens (tertiary/aromatic N) is 2. The molecular formula is C22H24N4O3. The summed E-state index contributed by atoms with van der Waals surface area (Å²) in [4.78, 5) is 29.8. The van der Waals surface area contributed by atoms with E-state index in [1.165, 1.54) is 0 Å². The number of fused-ring (bicyclic) bond motifs is 1. The molecule has 0 spiro atoms. The zero-order valence-corrected chi connectivity index (χ0v) is 16.7. The van der Waals surface area contributed by atoms with E-state index in [4.69, 9.17) is 4.74 Å². The van der Waals surface area contributed by atoms with Gasteiger partial charge in [-0.1, -0.05) is 13.0 Å². The van der Waals surface area contributed by atoms with Crippen LogP contribution in [0.3, 0.4) is 0 Å². The van der Waals surface area contributed by atoms with Crippen LogP contribution in [-0.4, -0.2) is 40.6 Å². The smallest absolute Gasteiger partial charge is 0.243 e. The molecule has 2 aromatic heterocycles. The van der Waals surface area contributed by atoms with Crippen LogP contribution in [0.1, 0.15) is 24.1 Å². The Labute approximate surface area is 169 Å². The molecule has 1 fully saturated rings. The number of hydrogen-bond donors (Lipinski definition) is 2. The van der Waals surface area contributed by atoms with E-state index < -0.39 is 12.1 Å². The van der Waals surface area contributed by atoms with E-state index in [1.807, 2.05) is 61.1 Å². The maximum Gasteiger partial charge on any atom is 0.243 e. The first-order chi connectivity index (χ1) is 14.0. The van der Waals surface area contributed by atoms with Crippen LogP contribution in [0, 0.1) is 0 Å². The average Bonchev–Trinajstić information content (AvgIpc) is 3.06. The number of methoxy groups -OCH3 is 1. The average molecular weight is 392 g/mol. The molecule has 0 saturated carbocycles. The number of ether oxygens (including phenoxy) is 1. The van der Waals surface area contributed by atoms with Crippen molar-refractivity contribution in [2.45, 2.75) is 31.3 Å². The number of amides is 2. The fraction of sp³-hybridized carbons (Fsp3) is 0.318. The van der Waals surface area contributed by atoms with E-state index in [1.54, 1.807) is 13.3 Å². The van der Waals surface area contributed by atoms with Crippen molar-refractivity contribution in [2.24, 2.45) is 7.05 Å². The summed E-state index contributed by atoms with van der Waals surface area (Å²) in [6.07, 6.45) is 4.05. The molecule has 1 aromatic carbocycles. The quantitative estimate of drug-likeness (QED) is 0.695. The van der Waals surface area contributed by atoms with Gasteiger partial charge in [-0.25, -0.2) is 0 Å². The monoisotopic (exact) mass is 392 g/mol. The lowest BCUT2D eigenvalue weighted by atomic mass is 9.90. The maximum absolute atomic E-state index is 12.8. The van der Waals surface area contributed by atoms with Gasteiger partial charge in [0.2, 0.25) is 11.8 Å². The van der Waals surface area contributed by atoms with Crippen molar-refractivity contribution in [1.82, 2.24) is 20.2 Å². The van der Waals surface area contributed by atoms with Crippen molar-refractivity contribution >= 4 is 22.7 Å². The van der Waals surface area contributed by atoms with Crippen molar-refractivity contribution < 1.29 is 14.3 Å². The van der Waals surface area contributed by atoms with Crippen LogP contribution in [0.2, 0.25) is 0 Å². The molecule has 29 heavy (non-hydrogen) atoms. The lowest BCUT2D eigenvalue weighted by Gasteiger charge is -2.32. The van der Waals surface area contributed by atoms with Crippen LogP contribution in [0.25, 0.3) is 10.9 Å². The van der Waals surface area contributed by atoms with Gasteiger partial charge in [0, 0.05) is 48.4 Å². The predicted molar refractivity (Wildman–Crippen MR) is 110 cm³/mol. The third kappa shape index (κ3) is 3.55. The van der Waals surface area contributed by atoms with Gasteiger partial charge in [0.1, 0.15) is 17.8 Å². The number of carbonyl (C=O) groups is 2. The second-order valence-electron chi connectivity index (χ2n) is 7.44. The van der Waals surface area contributed by atoms with Crippen molar-refractivity contribution in [3.05, 3.63) is 60.0 Å². The normalized spacial score (nSPS) is 20.2. The standard InChI is InChI=1S/C22H24N4O3/c1-13(17-12-26(2)19-8-7-15(29-3)11-16(17)19)20-22(28)24-18(21(27)25-20)10-14-6-4-5-9-23-14/h4-9,11-13,18,20H,10H2,1-3H3,(H,24,28)(H,25,27)/t13-,18-,20-/m1/s1. The van der Waals surface area contributed by atoms with E-state index >= 15 is 0 Å². The number of benzene rings is 1. The minimum absolute atomic E-state index is 0.182. The van der Waals surface area contributed by atoms with Gasteiger partial charge in [-0.05, 0) is 35.9 Å². The predicted octanol–water partition coefficient (Wildman–Crippen LogP) is 1.91. The van der Waals surface area contributed by atoms with Crippen LogP contribution < -0.4 is 15.4 Å². The van der Waals surface area contributed by atoms with Gasteiger partial charge >= 0.3 is 0 Å². The summed E-state index contributed by atoms with van der Waals surface area (Å²) >= 11 is 0. The molecule has 0 bridgehead atoms. The molecule has 2 N–H and O–H groups in total. The molecule has 1 aliphatic rings. The van der Waals surface area contributed by atoms with Crippen molar-refractivity contribution in [1.29, 1.82) is 0 Å². The first kappa shape index (κ1) is 19.0. The number of aryl methyl sites for hydroxylation is 1. The zero-order chi connectivity index (χ0) is 20.5. The number of aromatic nitrogens is 2. The Kier molecular flexibility index (Phi) is 4.96. The summed E-state index contributed by atoms with van der Waals surface area (Å²) < 4.78 is 7.38. The second kappa shape index (κ2) is 7.58. The summed E-state index contributed by atoms with van der Waals surface area (Å²) in [5, 5.41) is 6.80. The topological polar surface area (TPSA) is 85.2 Å². The minimum atomic E-state index is -0.640. The SMILES string of the molecule is COc1ccc2c(c1)c([C@@H](C)[C@H]1NC(=O)[C@@H](Cc3ccccn3)NC1=O)cn2C. The molecule has 3 atom stereocenters. The third-order valence-electron chi connectivity index (χ3n) is 5.57. The number of carbonyl (C=O) groups excluding carboxylic acids is 2. The Morgan fingerprint density at radius 1 is 1.17 bits per heavy atom. The van der Waals surface area contributed by atoms with E-state index in [2.05, 4.69) is 15.6 Å². The molecule has 0 unspecified atom stereocenters. The number of rotatable bonds is 5. The van der Waals surface area contributed by atoms with Crippen LogP contribution >= 0.6 is 0 Å². The summed E-state index contributed by atoms with van der Waals surface area (Å²) in [5.74, 6) is 0.179. The summed E-state index contributed by atoms with van der Waals surface area (Å²) in [6.45, 7) is 1.96. The van der Waals surface area contributed by atoms with E-state index in [0.29, 0.717) is 6.42 Å². The Balaban J connectivity index is 1.57. The molecule has 0 radical (unpaired) electrons. The highest BCUT2D eigenvalue weighted by molar-refractivity contribution is 5.98. The largest absolute Gasteiger partial charge is 0.497 e. The summed E-state index contributed by atoms with van der Waals surface area (Å²) in [5.41, 5.74) is 2.80. The lowest BCUT2D eigenvalue weighted by Crippen LogP contribution is -2.63. The molecular weight excluding hydrogens is 368 g/mol. The van der Waals surface area contributed by atoms with Gasteiger partial charge in [-0.2, -0.15) is 0 Å². The van der Waals surface area contributed by atoms with Gasteiger partial charge in [0.15, 0.2) is 0 Å². The van der Waals surface area contributed by atoms with Crippen molar-refractivity contribution in [2.75, 3.05) is 7.11 Å². The third-order valence-corrected chi connectivity index (χ3v) is 5.57. The molecule has 0 aliphatic carbocycles. The van der Waals surface area contributed by atoms with Crippen LogP contribution in [-0.2, 0) is 23.1 Å². The number of pyridine rings is 1. The van der Waals surface area contributed by atoms with E-state index in [0.717, 1.165) is 27.9 Å². The summed E-state index contributed by atoms with van der Waals surface area (Å²) in [6, 6.07) is 10.1. The number of piperazine rings is 1. The highest BCUT2D eigenvalue weighted by Crippen LogP contribution is 2.32. The minimum Gasteiger partial charge on any atom is -0.497 e. The first-order valence-corrected chi connectivity index (χ1v) is 9.61. The molecule has 3 aromatic rings. The highest BCUT2D eigenvalue weighted by Gasteiger charge is 2.38. The second-order valence-corrected chi connectivity index (χ2v) is 7.44. The molecule has 7 heteroatoms. The molecule has 2 amide bonds. The Morgan fingerprint density at radius 3 is 2.72 bits per heavy atom. The van der Waals surface area contributed by atoms with Crippen LogP contribution in [0.15, 0.2) is 48.8 Å². The van der Waals surface area contributed by atoms with Gasteiger partial charge in [0.05, 0.1) is 7.11 Å². The first-order valence-electron chi connectivity index (χ1n) is 9.61. The number of hydrogen-bond acceptors (Lipinski definition) is 4. The Hall–Kier alpha value is -3.35. The summed E-state index contributed by atoms with van der Waals surface area (Å²) in [7, 11) is 3.59. The Morgan fingerprint density at radius 2 is 2.00 bits per heavy atom. The molecule has 3 heterocycles. The van der Waals surface area contributed by atoms with E-state index in [-0.39, 0.29) is 17.7 Å². The van der Waals surface area contributed by atoms with Crippen LogP contribution in [0.5, 0.6) is 5.75 Å². The molecule has 7 nitrogen and oxygen atoms in total. The number of nitrogens with one attached hydrogen (secondary N) is 2. The Bertz CT molecular complexity index is 1060. The van der Waals surface area contributed by atoms with E-state index in [9.17, 15) is 9.59 Å². The van der Waals surface area contributed by atoms with Crippen LogP contribution in [0.4, 0.5) is 0 Å². The van der Waals surface area contributed by atoms with Gasteiger partial charge < -0.3 is 19.9 Å². The van der Waals surface area contributed by atoms with Gasteiger partial charge in [-0.15, -0.1) is 0 Å². The molecule has 4 rings (SSSR count). The highest BCUT2D eigenvalue weighted by atomic mass is 16.5. The maximum atomic E-state index is 12.8. The fourth-order valence-corrected chi connectivity index (χ4v) is 3.94. The molecule has 150 valence electrons. The lowest BCUT2D eigenvalue weighted by molar-refractivity contribution is -0.137. The van der Waals surface area contributed by atoms with Crippen molar-refractivity contribution in [3.8, 4) is 5.75 Å². The zero-order valence-electron chi connectivity index (χ0n) is 16.7. The van der Waals surface area contributed by atoms with Crippen molar-refractivity contribution in [3.63, 3.8) is 0 Å². The van der Waals surface area contributed by atoms with Gasteiger partial charge in [0.25, 0.3) is 0 Å². The molecule has 1 aliphatic heterocycles. The molecule has 1 saturated heterocycles. The fourth-order valence-electron chi connectivity index (χ4n) is 3.94.